The van der Waals surface area contributed by atoms with Gasteiger partial charge in [-0.2, -0.15) is 10.1 Å². The van der Waals surface area contributed by atoms with Gasteiger partial charge in [0.25, 0.3) is 0 Å². The minimum Gasteiger partial charge on any atom is -0.363 e. The maximum atomic E-state index is 10.5. The highest BCUT2D eigenvalue weighted by Crippen LogP contribution is 2.09. The number of aromatic nitrogens is 4. The Morgan fingerprint density at radius 2 is 2.30 bits per heavy atom. The molecule has 20 heavy (non-hydrogen) atoms. The van der Waals surface area contributed by atoms with Gasteiger partial charge >= 0.3 is 5.69 Å². The van der Waals surface area contributed by atoms with Crippen molar-refractivity contribution in [3.63, 3.8) is 0 Å². The van der Waals surface area contributed by atoms with E-state index in [0.717, 1.165) is 5.82 Å². The quantitative estimate of drug-likeness (QED) is 0.614. The Morgan fingerprint density at radius 3 is 2.95 bits per heavy atom. The van der Waals surface area contributed by atoms with E-state index in [-0.39, 0.29) is 5.69 Å². The van der Waals surface area contributed by atoms with Crippen LogP contribution in [0.3, 0.4) is 0 Å². The molecule has 9 heteroatoms. The van der Waals surface area contributed by atoms with E-state index in [4.69, 9.17) is 0 Å². The largest absolute Gasteiger partial charge is 0.363 e. The normalized spacial score (nSPS) is 10.3. The van der Waals surface area contributed by atoms with Crippen molar-refractivity contribution in [3.8, 4) is 0 Å². The Morgan fingerprint density at radius 1 is 1.50 bits per heavy atom. The molecular weight excluding hydrogens is 262 g/mol. The third-order valence-electron chi connectivity index (χ3n) is 2.55. The van der Waals surface area contributed by atoms with Crippen LogP contribution in [0.4, 0.5) is 17.5 Å². The number of hydrogen-bond acceptors (Lipinski definition) is 7. The zero-order valence-corrected chi connectivity index (χ0v) is 11.2. The molecule has 2 rings (SSSR count). The lowest BCUT2D eigenvalue weighted by molar-refractivity contribution is -0.385. The second-order valence-electron chi connectivity index (χ2n) is 4.28. The summed E-state index contributed by atoms with van der Waals surface area (Å²) in [4.78, 5) is 20.3. The van der Waals surface area contributed by atoms with Gasteiger partial charge in [0, 0.05) is 26.8 Å². The van der Waals surface area contributed by atoms with E-state index >= 15 is 0 Å². The van der Waals surface area contributed by atoms with Crippen LogP contribution >= 0.6 is 0 Å². The third kappa shape index (κ3) is 3.40. The molecule has 1 N–H and O–H groups in total. The molecule has 0 aliphatic heterocycles. The monoisotopic (exact) mass is 277 g/mol. The predicted molar refractivity (Wildman–Crippen MR) is 73.7 cm³/mol. The van der Waals surface area contributed by atoms with Crippen LogP contribution in [0.1, 0.15) is 0 Å². The minimum atomic E-state index is -0.472. The summed E-state index contributed by atoms with van der Waals surface area (Å²) in [6.07, 6.45) is 4.28. The van der Waals surface area contributed by atoms with E-state index in [9.17, 15) is 10.1 Å². The third-order valence-corrected chi connectivity index (χ3v) is 2.55. The van der Waals surface area contributed by atoms with Crippen LogP contribution in [0.5, 0.6) is 0 Å². The van der Waals surface area contributed by atoms with Gasteiger partial charge < -0.3 is 10.2 Å². The molecule has 0 radical (unpaired) electrons. The number of nitro groups is 1. The van der Waals surface area contributed by atoms with Crippen molar-refractivity contribution in [1.82, 2.24) is 19.7 Å². The van der Waals surface area contributed by atoms with Gasteiger partial charge in [-0.3, -0.25) is 14.8 Å². The van der Waals surface area contributed by atoms with E-state index < -0.39 is 4.92 Å². The van der Waals surface area contributed by atoms with Crippen LogP contribution in [0.25, 0.3) is 0 Å². The molecular formula is C11H15N7O2. The lowest BCUT2D eigenvalue weighted by Gasteiger charge is -2.12. The summed E-state index contributed by atoms with van der Waals surface area (Å²) < 4.78 is 1.50. The first kappa shape index (κ1) is 13.7. The molecule has 0 aromatic carbocycles. The number of anilines is 2. The van der Waals surface area contributed by atoms with Gasteiger partial charge in [0.05, 0.1) is 11.5 Å². The van der Waals surface area contributed by atoms with Gasteiger partial charge in [-0.25, -0.2) is 4.98 Å². The lowest BCUT2D eigenvalue weighted by atomic mass is 10.5. The number of nitrogens with one attached hydrogen (secondary N) is 1. The van der Waals surface area contributed by atoms with Crippen molar-refractivity contribution in [1.29, 1.82) is 0 Å². The first-order valence-electron chi connectivity index (χ1n) is 5.97. The Labute approximate surface area is 115 Å². The molecule has 0 saturated carbocycles. The summed E-state index contributed by atoms with van der Waals surface area (Å²) >= 11 is 0. The SMILES string of the molecule is CN(C)c1ccnc(NCCn2cc([N+](=O)[O-])cn2)n1. The molecule has 0 spiro atoms. The smallest absolute Gasteiger partial charge is 0.306 e. The fourth-order valence-electron chi connectivity index (χ4n) is 1.53. The summed E-state index contributed by atoms with van der Waals surface area (Å²) in [6.45, 7) is 1.01. The second kappa shape index (κ2) is 5.95. The van der Waals surface area contributed by atoms with Crippen molar-refractivity contribution < 1.29 is 4.92 Å². The molecule has 2 aromatic rings. The van der Waals surface area contributed by atoms with Crippen molar-refractivity contribution in [2.24, 2.45) is 0 Å². The summed E-state index contributed by atoms with van der Waals surface area (Å²) in [5.74, 6) is 1.31. The molecule has 0 bridgehead atoms. The molecule has 2 aromatic heterocycles. The van der Waals surface area contributed by atoms with Crippen LogP contribution in [0.15, 0.2) is 24.7 Å². The van der Waals surface area contributed by atoms with Gasteiger partial charge in [0.2, 0.25) is 5.95 Å². The fourth-order valence-corrected chi connectivity index (χ4v) is 1.53. The van der Waals surface area contributed by atoms with Crippen molar-refractivity contribution in [2.45, 2.75) is 6.54 Å². The molecule has 0 amide bonds. The molecule has 0 aliphatic rings. The van der Waals surface area contributed by atoms with Gasteiger partial charge in [-0.15, -0.1) is 0 Å². The summed E-state index contributed by atoms with van der Waals surface area (Å²) in [6, 6.07) is 1.81. The van der Waals surface area contributed by atoms with Crippen LogP contribution in [-0.2, 0) is 6.54 Å². The molecule has 106 valence electrons. The first-order chi connectivity index (χ1) is 9.56. The highest BCUT2D eigenvalue weighted by molar-refractivity contribution is 5.40. The Hall–Kier alpha value is -2.71. The van der Waals surface area contributed by atoms with Crippen LogP contribution in [0, 0.1) is 10.1 Å². The van der Waals surface area contributed by atoms with Crippen molar-refractivity contribution in [3.05, 3.63) is 34.8 Å². The maximum absolute atomic E-state index is 10.5. The van der Waals surface area contributed by atoms with E-state index in [1.165, 1.54) is 17.1 Å². The summed E-state index contributed by atoms with van der Waals surface area (Å²) in [5, 5.41) is 17.5. The van der Waals surface area contributed by atoms with Gasteiger partial charge in [-0.05, 0) is 6.07 Å². The van der Waals surface area contributed by atoms with Gasteiger partial charge in [0.1, 0.15) is 18.2 Å². The Kier molecular flexibility index (Phi) is 4.08. The highest BCUT2D eigenvalue weighted by Gasteiger charge is 2.08. The first-order valence-corrected chi connectivity index (χ1v) is 5.97. The van der Waals surface area contributed by atoms with Crippen molar-refractivity contribution in [2.75, 3.05) is 30.9 Å². The highest BCUT2D eigenvalue weighted by atomic mass is 16.6. The maximum Gasteiger partial charge on any atom is 0.306 e. The molecule has 2 heterocycles. The van der Waals surface area contributed by atoms with Crippen LogP contribution < -0.4 is 10.2 Å². The van der Waals surface area contributed by atoms with Crippen molar-refractivity contribution >= 4 is 17.5 Å². The van der Waals surface area contributed by atoms with E-state index in [1.807, 2.05) is 25.1 Å². The zero-order valence-electron chi connectivity index (χ0n) is 11.2. The zero-order chi connectivity index (χ0) is 14.5. The number of nitrogens with zero attached hydrogens (tertiary/aromatic N) is 6. The van der Waals surface area contributed by atoms with Gasteiger partial charge in [-0.1, -0.05) is 0 Å². The van der Waals surface area contributed by atoms with E-state index in [0.29, 0.717) is 19.0 Å². The lowest BCUT2D eigenvalue weighted by Crippen LogP contribution is -2.15. The molecule has 0 atom stereocenters. The Bertz CT molecular complexity index is 596. The standard InChI is InChI=1S/C11H15N7O2/c1-16(2)10-3-4-12-11(15-10)13-5-6-17-8-9(7-14-17)18(19)20/h3-4,7-8H,5-6H2,1-2H3,(H,12,13,15). The van der Waals surface area contributed by atoms with Crippen LogP contribution in [0.2, 0.25) is 0 Å². The fraction of sp³-hybridized carbons (Fsp3) is 0.364. The number of hydrogen-bond donors (Lipinski definition) is 1. The molecule has 0 aliphatic carbocycles. The van der Waals surface area contributed by atoms with Gasteiger partial charge in [0.15, 0.2) is 0 Å². The minimum absolute atomic E-state index is 0.0177. The molecule has 0 unspecified atom stereocenters. The predicted octanol–water partition coefficient (Wildman–Crippen LogP) is 0.759. The topological polar surface area (TPSA) is 102 Å². The Balaban J connectivity index is 1.89. The average molecular weight is 277 g/mol. The summed E-state index contributed by atoms with van der Waals surface area (Å²) in [7, 11) is 3.80. The van der Waals surface area contributed by atoms with E-state index in [2.05, 4.69) is 20.4 Å². The molecule has 9 nitrogen and oxygen atoms in total. The second-order valence-corrected chi connectivity index (χ2v) is 4.28. The number of rotatable bonds is 6. The molecule has 0 fully saturated rings. The average Bonchev–Trinajstić information content (AvgIpc) is 2.88. The molecule has 0 saturated heterocycles. The van der Waals surface area contributed by atoms with Crippen LogP contribution in [-0.4, -0.2) is 45.3 Å². The van der Waals surface area contributed by atoms with E-state index in [1.54, 1.807) is 6.20 Å². The summed E-state index contributed by atoms with van der Waals surface area (Å²) in [5.41, 5.74) is -0.0177.